The summed E-state index contributed by atoms with van der Waals surface area (Å²) >= 11 is 3.35. The molecule has 18 heavy (non-hydrogen) atoms. The summed E-state index contributed by atoms with van der Waals surface area (Å²) in [5, 5.41) is 2.99. The van der Waals surface area contributed by atoms with Crippen LogP contribution in [-0.2, 0) is 0 Å². The zero-order valence-electron chi connectivity index (χ0n) is 9.94. The zero-order chi connectivity index (χ0) is 13.8. The van der Waals surface area contributed by atoms with Crippen molar-refractivity contribution in [1.29, 1.82) is 0 Å². The second kappa shape index (κ2) is 6.26. The molecule has 0 fully saturated rings. The minimum atomic E-state index is -4.07. The van der Waals surface area contributed by atoms with Crippen LogP contribution in [0.1, 0.15) is 24.8 Å². The molecule has 0 spiro atoms. The minimum absolute atomic E-state index is 0.113. The highest BCUT2D eigenvalue weighted by Gasteiger charge is 2.25. The summed E-state index contributed by atoms with van der Waals surface area (Å²) < 4.78 is 36.5. The maximum atomic E-state index is 11.9. The lowest BCUT2D eigenvalue weighted by Gasteiger charge is -2.11. The Bertz CT molecular complexity index is 407. The molecule has 0 saturated carbocycles. The summed E-state index contributed by atoms with van der Waals surface area (Å²) in [4.78, 5) is 4.08. The van der Waals surface area contributed by atoms with Crippen molar-refractivity contribution in [3.8, 4) is 0 Å². The third-order valence-electron chi connectivity index (χ3n) is 2.48. The minimum Gasteiger partial charge on any atom is -0.397 e. The Hall–Kier alpha value is -0.980. The molecular formula is C11H15BrF3N3. The number of nitrogens with zero attached hydrogens (tertiary/aromatic N) is 1. The van der Waals surface area contributed by atoms with Gasteiger partial charge >= 0.3 is 6.18 Å². The molecule has 0 aliphatic rings. The van der Waals surface area contributed by atoms with Gasteiger partial charge < -0.3 is 11.1 Å². The number of hydrogen-bond donors (Lipinski definition) is 2. The first-order valence-corrected chi connectivity index (χ1v) is 6.32. The van der Waals surface area contributed by atoms with Gasteiger partial charge in [0.25, 0.3) is 0 Å². The largest absolute Gasteiger partial charge is 0.397 e. The van der Waals surface area contributed by atoms with Crippen LogP contribution in [0.5, 0.6) is 0 Å². The normalized spacial score (nSPS) is 11.6. The van der Waals surface area contributed by atoms with Crippen molar-refractivity contribution in [2.45, 2.75) is 32.4 Å². The van der Waals surface area contributed by atoms with Gasteiger partial charge in [-0.1, -0.05) is 0 Å². The third-order valence-corrected chi connectivity index (χ3v) is 3.45. The van der Waals surface area contributed by atoms with Crippen molar-refractivity contribution in [3.05, 3.63) is 16.2 Å². The maximum absolute atomic E-state index is 11.9. The fourth-order valence-electron chi connectivity index (χ4n) is 1.37. The smallest absolute Gasteiger partial charge is 0.389 e. The van der Waals surface area contributed by atoms with E-state index in [2.05, 4.69) is 26.2 Å². The lowest BCUT2D eigenvalue weighted by atomic mass is 10.2. The van der Waals surface area contributed by atoms with Crippen LogP contribution in [0.15, 0.2) is 10.7 Å². The molecule has 0 saturated heterocycles. The first kappa shape index (κ1) is 15.1. The molecule has 0 aliphatic heterocycles. The number of rotatable bonds is 5. The molecule has 0 radical (unpaired) electrons. The van der Waals surface area contributed by atoms with Gasteiger partial charge in [0.05, 0.1) is 16.4 Å². The standard InChI is InChI=1S/C11H15BrF3N3/c1-7-8(16)6-18-10(9(7)12)17-5-3-2-4-11(13,14)15/h6H,2-5,16H2,1H3,(H,17,18). The molecule has 1 aromatic rings. The molecule has 102 valence electrons. The number of nitrogens with one attached hydrogen (secondary N) is 1. The van der Waals surface area contributed by atoms with Crippen LogP contribution in [0, 0.1) is 6.92 Å². The van der Waals surface area contributed by atoms with Gasteiger partial charge in [0.2, 0.25) is 0 Å². The molecule has 3 N–H and O–H groups in total. The van der Waals surface area contributed by atoms with Gasteiger partial charge in [0.15, 0.2) is 0 Å². The molecule has 0 unspecified atom stereocenters. The van der Waals surface area contributed by atoms with Crippen LogP contribution in [0.3, 0.4) is 0 Å². The fraction of sp³-hybridized carbons (Fsp3) is 0.545. The summed E-state index contributed by atoms with van der Waals surface area (Å²) in [5.41, 5.74) is 7.11. The monoisotopic (exact) mass is 325 g/mol. The van der Waals surface area contributed by atoms with Crippen LogP contribution in [0.2, 0.25) is 0 Å². The van der Waals surface area contributed by atoms with Gasteiger partial charge in [-0.05, 0) is 41.3 Å². The average molecular weight is 326 g/mol. The van der Waals surface area contributed by atoms with Crippen molar-refractivity contribution in [2.24, 2.45) is 0 Å². The molecule has 0 aliphatic carbocycles. The predicted molar refractivity (Wildman–Crippen MR) is 69.5 cm³/mol. The van der Waals surface area contributed by atoms with E-state index in [0.717, 1.165) is 10.0 Å². The van der Waals surface area contributed by atoms with Gasteiger partial charge in [-0.15, -0.1) is 0 Å². The molecule has 0 bridgehead atoms. The maximum Gasteiger partial charge on any atom is 0.389 e. The molecule has 0 amide bonds. The van der Waals surface area contributed by atoms with Crippen molar-refractivity contribution in [3.63, 3.8) is 0 Å². The van der Waals surface area contributed by atoms with E-state index in [1.165, 1.54) is 6.20 Å². The van der Waals surface area contributed by atoms with E-state index in [-0.39, 0.29) is 6.42 Å². The highest BCUT2D eigenvalue weighted by Crippen LogP contribution is 2.27. The third kappa shape index (κ3) is 4.72. The van der Waals surface area contributed by atoms with E-state index in [1.54, 1.807) is 0 Å². The van der Waals surface area contributed by atoms with E-state index >= 15 is 0 Å². The Balaban J connectivity index is 2.39. The van der Waals surface area contributed by atoms with E-state index in [0.29, 0.717) is 24.5 Å². The van der Waals surface area contributed by atoms with E-state index in [9.17, 15) is 13.2 Å². The summed E-state index contributed by atoms with van der Waals surface area (Å²) in [6.07, 6.45) is -2.74. The van der Waals surface area contributed by atoms with Gasteiger partial charge in [-0.3, -0.25) is 0 Å². The van der Waals surface area contributed by atoms with Gasteiger partial charge in [0, 0.05) is 13.0 Å². The molecule has 1 rings (SSSR count). The second-order valence-corrected chi connectivity index (χ2v) is 4.79. The lowest BCUT2D eigenvalue weighted by molar-refractivity contribution is -0.135. The molecule has 1 aromatic heterocycles. The van der Waals surface area contributed by atoms with Crippen molar-refractivity contribution >= 4 is 27.4 Å². The summed E-state index contributed by atoms with van der Waals surface area (Å²) in [7, 11) is 0. The predicted octanol–water partition coefficient (Wildman–Crippen LogP) is 3.88. The Morgan fingerprint density at radius 3 is 2.67 bits per heavy atom. The summed E-state index contributed by atoms with van der Waals surface area (Å²) in [6, 6.07) is 0. The number of halogens is 4. The Morgan fingerprint density at radius 1 is 1.39 bits per heavy atom. The van der Waals surface area contributed by atoms with Gasteiger partial charge in [-0.2, -0.15) is 13.2 Å². The van der Waals surface area contributed by atoms with E-state index in [1.807, 2.05) is 6.92 Å². The molecule has 0 atom stereocenters. The van der Waals surface area contributed by atoms with Crippen LogP contribution in [0.4, 0.5) is 24.7 Å². The summed E-state index contributed by atoms with van der Waals surface area (Å²) in [5.74, 6) is 0.605. The van der Waals surface area contributed by atoms with Crippen LogP contribution in [-0.4, -0.2) is 17.7 Å². The number of nitrogens with two attached hydrogens (primary N) is 1. The topological polar surface area (TPSA) is 50.9 Å². The number of hydrogen-bond acceptors (Lipinski definition) is 3. The molecule has 1 heterocycles. The van der Waals surface area contributed by atoms with Gasteiger partial charge in [0.1, 0.15) is 5.82 Å². The van der Waals surface area contributed by atoms with Crippen LogP contribution in [0.25, 0.3) is 0 Å². The second-order valence-electron chi connectivity index (χ2n) is 4.00. The molecule has 3 nitrogen and oxygen atoms in total. The molecule has 0 aromatic carbocycles. The number of pyridine rings is 1. The molecular weight excluding hydrogens is 311 g/mol. The highest BCUT2D eigenvalue weighted by molar-refractivity contribution is 9.10. The Morgan fingerprint density at radius 2 is 2.06 bits per heavy atom. The quantitative estimate of drug-likeness (QED) is 0.808. The summed E-state index contributed by atoms with van der Waals surface area (Å²) in [6.45, 7) is 2.29. The van der Waals surface area contributed by atoms with Gasteiger partial charge in [-0.25, -0.2) is 4.98 Å². The molecule has 7 heteroatoms. The Kier molecular flexibility index (Phi) is 5.25. The zero-order valence-corrected chi connectivity index (χ0v) is 11.5. The van der Waals surface area contributed by atoms with E-state index < -0.39 is 12.6 Å². The lowest BCUT2D eigenvalue weighted by Crippen LogP contribution is -2.09. The first-order chi connectivity index (χ1) is 8.31. The van der Waals surface area contributed by atoms with Crippen molar-refractivity contribution in [2.75, 3.05) is 17.6 Å². The number of aromatic nitrogens is 1. The first-order valence-electron chi connectivity index (χ1n) is 5.52. The van der Waals surface area contributed by atoms with Crippen molar-refractivity contribution < 1.29 is 13.2 Å². The number of anilines is 2. The Labute approximate surface area is 112 Å². The average Bonchev–Trinajstić information content (AvgIpc) is 2.27. The highest BCUT2D eigenvalue weighted by atomic mass is 79.9. The van der Waals surface area contributed by atoms with E-state index in [4.69, 9.17) is 5.73 Å². The van der Waals surface area contributed by atoms with Crippen molar-refractivity contribution in [1.82, 2.24) is 4.98 Å². The number of alkyl halides is 3. The fourth-order valence-corrected chi connectivity index (χ4v) is 1.84. The SMILES string of the molecule is Cc1c(N)cnc(NCCCCC(F)(F)F)c1Br. The number of unbranched alkanes of at least 4 members (excludes halogenated alkanes) is 1. The number of nitrogen functional groups attached to an aromatic ring is 1. The van der Waals surface area contributed by atoms with Crippen LogP contribution < -0.4 is 11.1 Å². The van der Waals surface area contributed by atoms with Crippen LogP contribution >= 0.6 is 15.9 Å².